The van der Waals surface area contributed by atoms with Gasteiger partial charge in [-0.1, -0.05) is 29.8 Å². The summed E-state index contributed by atoms with van der Waals surface area (Å²) in [6.45, 7) is 2.41. The summed E-state index contributed by atoms with van der Waals surface area (Å²) in [6, 6.07) is 5.55. The third-order valence-electron chi connectivity index (χ3n) is 5.81. The van der Waals surface area contributed by atoms with E-state index in [9.17, 15) is 79.8 Å². The Morgan fingerprint density at radius 1 is 0.773 bits per heavy atom. The average Bonchev–Trinajstić information content (AvgIpc) is 3.31. The van der Waals surface area contributed by atoms with Gasteiger partial charge in [0.15, 0.2) is 0 Å². The molecule has 1 amide bonds. The van der Waals surface area contributed by atoms with Gasteiger partial charge in [-0.3, -0.25) is 4.79 Å². The van der Waals surface area contributed by atoms with Crippen molar-refractivity contribution in [1.82, 2.24) is 0 Å². The van der Waals surface area contributed by atoms with Gasteiger partial charge in [-0.05, 0) is 19.4 Å². The molecule has 0 atom stereocenters. The molecule has 0 saturated heterocycles. The molecule has 1 heterocycles. The molecule has 1 aromatic carbocycles. The Morgan fingerprint density at radius 2 is 1.23 bits per heavy atom. The van der Waals surface area contributed by atoms with Crippen molar-refractivity contribution in [2.24, 2.45) is 0 Å². The van der Waals surface area contributed by atoms with Crippen molar-refractivity contribution in [3.05, 3.63) is 40.8 Å². The van der Waals surface area contributed by atoms with Gasteiger partial charge in [0.2, 0.25) is 0 Å². The lowest BCUT2D eigenvalue weighted by Gasteiger charge is -2.42. The van der Waals surface area contributed by atoms with E-state index in [-0.39, 0.29) is 22.5 Å². The standard InChI is InChI=1S/C23H15F16NO3S/c1-3-43-14(41)12-11(10-6-4-9(2)5-7-10)8-44-13(12)40-16(42)18(28,29)20(32,33)22(36,37)23(38,39)21(34,35)19(30,31)17(26,27)15(24)25/h4-8,15H,3H2,1-2H3,(H,40,42). The SMILES string of the molecule is CCOC(=O)c1c(-c2ccc(C)cc2)csc1NC(=O)C(F)(F)C(F)(F)C(F)(F)C(F)(F)C(F)(F)C(F)(F)C(F)(F)C(F)F. The van der Waals surface area contributed by atoms with Crippen LogP contribution in [0, 0.1) is 6.92 Å². The second-order valence-electron chi connectivity index (χ2n) is 8.76. The Balaban J connectivity index is 2.60. The van der Waals surface area contributed by atoms with Gasteiger partial charge in [-0.2, -0.15) is 61.5 Å². The summed E-state index contributed by atoms with van der Waals surface area (Å²) >= 11 is 0.0903. The Kier molecular flexibility index (Phi) is 9.73. The fourth-order valence-electron chi connectivity index (χ4n) is 3.26. The predicted octanol–water partition coefficient (Wildman–Crippen LogP) is 8.55. The molecule has 0 saturated carbocycles. The van der Waals surface area contributed by atoms with Crippen LogP contribution in [-0.4, -0.2) is 66.4 Å². The summed E-state index contributed by atoms with van der Waals surface area (Å²) in [7, 11) is 0. The summed E-state index contributed by atoms with van der Waals surface area (Å²) < 4.78 is 222. The maximum Gasteiger partial charge on any atom is 0.393 e. The Morgan fingerprint density at radius 3 is 1.68 bits per heavy atom. The van der Waals surface area contributed by atoms with Crippen molar-refractivity contribution in [2.75, 3.05) is 11.9 Å². The second-order valence-corrected chi connectivity index (χ2v) is 9.64. The van der Waals surface area contributed by atoms with Crippen LogP contribution in [0.15, 0.2) is 29.6 Å². The Bertz CT molecular complexity index is 1370. The largest absolute Gasteiger partial charge is 0.462 e. The summed E-state index contributed by atoms with van der Waals surface area (Å²) in [5.74, 6) is -62.1. The fraction of sp³-hybridized carbons (Fsp3) is 0.478. The molecule has 1 N–H and O–H groups in total. The molecule has 248 valence electrons. The van der Waals surface area contributed by atoms with E-state index >= 15 is 0 Å². The van der Waals surface area contributed by atoms with Gasteiger partial charge in [-0.25, -0.2) is 13.6 Å². The topological polar surface area (TPSA) is 55.4 Å². The number of amides is 1. The van der Waals surface area contributed by atoms with E-state index in [1.54, 1.807) is 6.92 Å². The lowest BCUT2D eigenvalue weighted by molar-refractivity contribution is -0.443. The highest BCUT2D eigenvalue weighted by atomic mass is 32.1. The van der Waals surface area contributed by atoms with Gasteiger partial charge in [0.25, 0.3) is 0 Å². The van der Waals surface area contributed by atoms with E-state index in [2.05, 4.69) is 4.74 Å². The second kappa shape index (κ2) is 11.6. The molecule has 0 fully saturated rings. The minimum absolute atomic E-state index is 0.0903. The Hall–Kier alpha value is -3.26. The van der Waals surface area contributed by atoms with E-state index in [0.29, 0.717) is 5.56 Å². The van der Waals surface area contributed by atoms with E-state index < -0.39 is 76.9 Å². The zero-order valence-electron chi connectivity index (χ0n) is 21.4. The number of alkyl halides is 16. The number of esters is 1. The number of carbonyl (C=O) groups is 2. The van der Waals surface area contributed by atoms with Crippen LogP contribution in [0.4, 0.5) is 75.2 Å². The Labute approximate surface area is 239 Å². The fourth-order valence-corrected chi connectivity index (χ4v) is 4.21. The quantitative estimate of drug-likeness (QED) is 0.180. The van der Waals surface area contributed by atoms with Gasteiger partial charge in [-0.15, -0.1) is 11.3 Å². The molecule has 2 aromatic rings. The first-order chi connectivity index (χ1) is 19.7. The zero-order valence-corrected chi connectivity index (χ0v) is 22.2. The van der Waals surface area contributed by atoms with Gasteiger partial charge in [0, 0.05) is 10.9 Å². The molecule has 4 nitrogen and oxygen atoms in total. The normalized spacial score (nSPS) is 14.2. The lowest BCUT2D eigenvalue weighted by atomic mass is 9.89. The molecule has 2 rings (SSSR count). The third-order valence-corrected chi connectivity index (χ3v) is 6.71. The van der Waals surface area contributed by atoms with Gasteiger partial charge < -0.3 is 10.1 Å². The highest BCUT2D eigenvalue weighted by molar-refractivity contribution is 7.15. The maximum absolute atomic E-state index is 14.4. The number of hydrogen-bond donors (Lipinski definition) is 1. The third kappa shape index (κ3) is 5.44. The average molecular weight is 689 g/mol. The number of anilines is 1. The molecule has 1 aromatic heterocycles. The molecule has 21 heteroatoms. The number of ether oxygens (including phenoxy) is 1. The monoisotopic (exact) mass is 689 g/mol. The van der Waals surface area contributed by atoms with Crippen LogP contribution < -0.4 is 5.32 Å². The minimum Gasteiger partial charge on any atom is -0.462 e. The first-order valence-corrected chi connectivity index (χ1v) is 12.2. The number of hydrogen-bond acceptors (Lipinski definition) is 4. The summed E-state index contributed by atoms with van der Waals surface area (Å²) in [4.78, 5) is 24.5. The van der Waals surface area contributed by atoms with Crippen molar-refractivity contribution in [1.29, 1.82) is 0 Å². The van der Waals surface area contributed by atoms with Crippen LogP contribution >= 0.6 is 11.3 Å². The molecule has 44 heavy (non-hydrogen) atoms. The minimum atomic E-state index is -8.65. The molecule has 0 bridgehead atoms. The van der Waals surface area contributed by atoms with Crippen molar-refractivity contribution >= 4 is 28.2 Å². The molecule has 0 spiro atoms. The van der Waals surface area contributed by atoms with Crippen LogP contribution in [0.25, 0.3) is 11.1 Å². The number of aryl methyl sites for hydroxylation is 1. The number of thiophene rings is 1. The molecule has 0 aliphatic carbocycles. The van der Waals surface area contributed by atoms with E-state index in [4.69, 9.17) is 0 Å². The summed E-state index contributed by atoms with van der Waals surface area (Å²) in [5, 5.41) is 0.609. The van der Waals surface area contributed by atoms with Crippen molar-refractivity contribution in [3.8, 4) is 11.1 Å². The molecular weight excluding hydrogens is 674 g/mol. The van der Waals surface area contributed by atoms with Crippen LogP contribution in [0.3, 0.4) is 0 Å². The summed E-state index contributed by atoms with van der Waals surface area (Å²) in [6.07, 6.45) is -5.97. The molecule has 0 unspecified atom stereocenters. The van der Waals surface area contributed by atoms with Crippen LogP contribution in [0.5, 0.6) is 0 Å². The van der Waals surface area contributed by atoms with E-state index in [0.717, 1.165) is 10.7 Å². The highest BCUT2D eigenvalue weighted by Crippen LogP contribution is 2.63. The van der Waals surface area contributed by atoms with E-state index in [1.165, 1.54) is 31.2 Å². The molecular formula is C23H15F16NO3S. The number of halogens is 16. The maximum atomic E-state index is 14.4. The number of nitrogens with one attached hydrogen (secondary N) is 1. The van der Waals surface area contributed by atoms with E-state index in [1.807, 2.05) is 0 Å². The number of rotatable bonds is 12. The van der Waals surface area contributed by atoms with Gasteiger partial charge in [0.1, 0.15) is 10.6 Å². The zero-order chi connectivity index (χ0) is 34.5. The van der Waals surface area contributed by atoms with Crippen LogP contribution in [0.1, 0.15) is 22.8 Å². The van der Waals surface area contributed by atoms with Gasteiger partial charge in [0.05, 0.1) is 6.61 Å². The first-order valence-electron chi connectivity index (χ1n) is 11.3. The van der Waals surface area contributed by atoms with Gasteiger partial charge >= 0.3 is 59.8 Å². The van der Waals surface area contributed by atoms with Crippen LogP contribution in [0.2, 0.25) is 0 Å². The van der Waals surface area contributed by atoms with Crippen LogP contribution in [-0.2, 0) is 9.53 Å². The first kappa shape index (κ1) is 36.9. The molecule has 0 aliphatic heterocycles. The summed E-state index contributed by atoms with van der Waals surface area (Å²) in [5.41, 5.74) is -0.360. The van der Waals surface area contributed by atoms with Crippen molar-refractivity contribution in [2.45, 2.75) is 61.7 Å². The predicted molar refractivity (Wildman–Crippen MR) is 120 cm³/mol. The number of carbonyl (C=O) groups excluding carboxylic acids is 2. The highest BCUT2D eigenvalue weighted by Gasteiger charge is 2.94. The smallest absolute Gasteiger partial charge is 0.393 e. The lowest BCUT2D eigenvalue weighted by Crippen LogP contribution is -2.74. The van der Waals surface area contributed by atoms with Crippen molar-refractivity contribution in [3.63, 3.8) is 0 Å². The number of benzene rings is 1. The molecule has 0 radical (unpaired) electrons. The molecule has 0 aliphatic rings. The van der Waals surface area contributed by atoms with Crippen molar-refractivity contribution < 1.29 is 84.6 Å².